The fourth-order valence-electron chi connectivity index (χ4n) is 2.42. The van der Waals surface area contributed by atoms with Gasteiger partial charge in [0.15, 0.2) is 5.75 Å². The quantitative estimate of drug-likeness (QED) is 0.813. The highest BCUT2D eigenvalue weighted by Crippen LogP contribution is 2.33. The van der Waals surface area contributed by atoms with E-state index in [1.807, 2.05) is 6.07 Å². The van der Waals surface area contributed by atoms with Gasteiger partial charge in [0.25, 0.3) is 0 Å². The number of aromatic nitrogens is 1. The fraction of sp³-hybridized carbons (Fsp3) is 0.235. The first-order valence-electron chi connectivity index (χ1n) is 7.89. The predicted molar refractivity (Wildman–Crippen MR) is 98.9 cm³/mol. The van der Waals surface area contributed by atoms with E-state index in [1.165, 1.54) is 17.2 Å². The number of nitrogens with zero attached hydrogens (tertiary/aromatic N) is 2. The number of amides is 2. The van der Waals surface area contributed by atoms with Gasteiger partial charge in [0, 0.05) is 19.3 Å². The van der Waals surface area contributed by atoms with Gasteiger partial charge in [-0.1, -0.05) is 35.3 Å². The molecule has 0 saturated carbocycles. The zero-order chi connectivity index (χ0) is 18.5. The molecule has 2 amide bonds. The van der Waals surface area contributed by atoms with Crippen molar-refractivity contribution in [3.05, 3.63) is 46.6 Å². The third-order valence-electron chi connectivity index (χ3n) is 3.69. The predicted octanol–water partition coefficient (Wildman–Crippen LogP) is 2.55. The molecule has 1 fully saturated rings. The van der Waals surface area contributed by atoms with Crippen LogP contribution in [0.1, 0.15) is 0 Å². The molecule has 0 radical (unpaired) electrons. The number of nitrogens with one attached hydrogen (secondary N) is 2. The van der Waals surface area contributed by atoms with E-state index < -0.39 is 0 Å². The number of piperazine rings is 1. The van der Waals surface area contributed by atoms with Gasteiger partial charge in [-0.05, 0) is 18.2 Å². The maximum absolute atomic E-state index is 12.3. The molecule has 2 aromatic rings. The Hall–Kier alpha value is -2.51. The number of hydrogen-bond acceptors (Lipinski definition) is 5. The van der Waals surface area contributed by atoms with E-state index >= 15 is 0 Å². The molecule has 1 aromatic heterocycles. The number of ether oxygens (including phenoxy) is 1. The Balaban J connectivity index is 1.67. The summed E-state index contributed by atoms with van der Waals surface area (Å²) in [6.45, 7) is 1.07. The molecular formula is C17H16Cl2N4O3. The second-order valence-electron chi connectivity index (χ2n) is 5.56. The number of benzene rings is 1. The van der Waals surface area contributed by atoms with Crippen molar-refractivity contribution in [3.8, 4) is 11.6 Å². The summed E-state index contributed by atoms with van der Waals surface area (Å²) in [7, 11) is 0. The van der Waals surface area contributed by atoms with E-state index in [2.05, 4.69) is 15.6 Å². The molecule has 1 aliphatic heterocycles. The van der Waals surface area contributed by atoms with E-state index in [1.54, 1.807) is 18.2 Å². The lowest BCUT2D eigenvalue weighted by Crippen LogP contribution is -2.51. The van der Waals surface area contributed by atoms with Crippen LogP contribution in [-0.2, 0) is 9.59 Å². The van der Waals surface area contributed by atoms with Crippen molar-refractivity contribution >= 4 is 40.7 Å². The summed E-state index contributed by atoms with van der Waals surface area (Å²) in [5.74, 6) is 0.354. The first-order valence-corrected chi connectivity index (χ1v) is 8.65. The van der Waals surface area contributed by atoms with E-state index in [4.69, 9.17) is 27.9 Å². The van der Waals surface area contributed by atoms with Crippen LogP contribution in [0.4, 0.5) is 5.69 Å². The molecule has 0 aliphatic carbocycles. The molecule has 2 heterocycles. The first kappa shape index (κ1) is 18.3. The molecule has 1 aliphatic rings. The molecule has 3 rings (SSSR count). The normalized spacial score (nSPS) is 13.9. The first-order chi connectivity index (χ1) is 12.5. The Kier molecular flexibility index (Phi) is 5.80. The van der Waals surface area contributed by atoms with Gasteiger partial charge in [-0.15, -0.1) is 0 Å². The SMILES string of the molecule is O=C1CN(C(=O)CNc2ccccc2Oc2ncc(Cl)cc2Cl)CCN1. The van der Waals surface area contributed by atoms with Crippen LogP contribution in [0.25, 0.3) is 0 Å². The summed E-state index contributed by atoms with van der Waals surface area (Å²) in [5, 5.41) is 6.40. The highest BCUT2D eigenvalue weighted by molar-refractivity contribution is 6.35. The minimum atomic E-state index is -0.169. The largest absolute Gasteiger partial charge is 0.435 e. The lowest BCUT2D eigenvalue weighted by atomic mass is 10.3. The lowest BCUT2D eigenvalue weighted by Gasteiger charge is -2.27. The summed E-state index contributed by atoms with van der Waals surface area (Å²) >= 11 is 11.9. The van der Waals surface area contributed by atoms with E-state index in [0.29, 0.717) is 29.5 Å². The van der Waals surface area contributed by atoms with Gasteiger partial charge in [-0.3, -0.25) is 9.59 Å². The number of pyridine rings is 1. The van der Waals surface area contributed by atoms with Gasteiger partial charge < -0.3 is 20.3 Å². The van der Waals surface area contributed by atoms with Crippen LogP contribution >= 0.6 is 23.2 Å². The summed E-state index contributed by atoms with van der Waals surface area (Å²) < 4.78 is 5.74. The number of rotatable bonds is 5. The average Bonchev–Trinajstić information content (AvgIpc) is 2.63. The molecule has 0 atom stereocenters. The molecule has 0 spiro atoms. The van der Waals surface area contributed by atoms with Crippen molar-refractivity contribution in [2.75, 3.05) is 31.5 Å². The third kappa shape index (κ3) is 4.56. The maximum atomic E-state index is 12.3. The molecular weight excluding hydrogens is 379 g/mol. The summed E-state index contributed by atoms with van der Waals surface area (Å²) in [6, 6.07) is 8.64. The molecule has 7 nitrogen and oxygen atoms in total. The van der Waals surface area contributed by atoms with Crippen LogP contribution in [0.3, 0.4) is 0 Å². The van der Waals surface area contributed by atoms with Crippen LogP contribution < -0.4 is 15.4 Å². The molecule has 0 bridgehead atoms. The minimum absolute atomic E-state index is 0.0371. The summed E-state index contributed by atoms with van der Waals surface area (Å²) in [5.41, 5.74) is 0.607. The Morgan fingerprint density at radius 3 is 2.92 bits per heavy atom. The smallest absolute Gasteiger partial charge is 0.242 e. The van der Waals surface area contributed by atoms with Crippen molar-refractivity contribution in [2.45, 2.75) is 0 Å². The number of halogens is 2. The van der Waals surface area contributed by atoms with Crippen molar-refractivity contribution in [1.82, 2.24) is 15.2 Å². The summed E-state index contributed by atoms with van der Waals surface area (Å²) in [4.78, 5) is 29.2. The van der Waals surface area contributed by atoms with Crippen LogP contribution in [0.15, 0.2) is 36.5 Å². The molecule has 26 heavy (non-hydrogen) atoms. The van der Waals surface area contributed by atoms with Gasteiger partial charge in [0.1, 0.15) is 5.02 Å². The molecule has 1 aromatic carbocycles. The van der Waals surface area contributed by atoms with Gasteiger partial charge in [0.05, 0.1) is 23.8 Å². The van der Waals surface area contributed by atoms with Crippen molar-refractivity contribution in [3.63, 3.8) is 0 Å². The number of anilines is 1. The molecule has 0 unspecified atom stereocenters. The second kappa shape index (κ2) is 8.25. The van der Waals surface area contributed by atoms with Gasteiger partial charge in [-0.25, -0.2) is 4.98 Å². The van der Waals surface area contributed by atoms with E-state index in [0.717, 1.165) is 0 Å². The Bertz CT molecular complexity index is 831. The average molecular weight is 395 g/mol. The number of para-hydroxylation sites is 2. The Labute approximate surface area is 160 Å². The van der Waals surface area contributed by atoms with E-state index in [9.17, 15) is 9.59 Å². The maximum Gasteiger partial charge on any atom is 0.242 e. The van der Waals surface area contributed by atoms with Crippen LogP contribution in [0, 0.1) is 0 Å². The van der Waals surface area contributed by atoms with Crippen molar-refractivity contribution in [1.29, 1.82) is 0 Å². The lowest BCUT2D eigenvalue weighted by molar-refractivity contribution is -0.136. The molecule has 1 saturated heterocycles. The highest BCUT2D eigenvalue weighted by atomic mass is 35.5. The van der Waals surface area contributed by atoms with Crippen LogP contribution in [0.2, 0.25) is 10.0 Å². The standard InChI is InChI=1S/C17H16Cl2N4O3/c18-11-7-12(19)17(22-8-11)26-14-4-2-1-3-13(14)21-9-16(25)23-6-5-20-15(24)10-23/h1-4,7-8,21H,5-6,9-10H2,(H,20,24). The number of carbonyl (C=O) groups is 2. The number of hydrogen-bond donors (Lipinski definition) is 2. The van der Waals surface area contributed by atoms with E-state index in [-0.39, 0.29) is 35.8 Å². The monoisotopic (exact) mass is 394 g/mol. The topological polar surface area (TPSA) is 83.6 Å². The molecule has 9 heteroatoms. The molecule has 2 N–H and O–H groups in total. The Morgan fingerprint density at radius 2 is 2.15 bits per heavy atom. The Morgan fingerprint density at radius 1 is 1.35 bits per heavy atom. The van der Waals surface area contributed by atoms with Crippen LogP contribution in [-0.4, -0.2) is 47.9 Å². The molecule has 136 valence electrons. The van der Waals surface area contributed by atoms with Crippen molar-refractivity contribution < 1.29 is 14.3 Å². The minimum Gasteiger partial charge on any atom is -0.435 e. The zero-order valence-electron chi connectivity index (χ0n) is 13.7. The van der Waals surface area contributed by atoms with Crippen LogP contribution in [0.5, 0.6) is 11.6 Å². The second-order valence-corrected chi connectivity index (χ2v) is 6.40. The van der Waals surface area contributed by atoms with Crippen molar-refractivity contribution in [2.24, 2.45) is 0 Å². The zero-order valence-corrected chi connectivity index (χ0v) is 15.2. The van der Waals surface area contributed by atoms with Gasteiger partial charge in [-0.2, -0.15) is 0 Å². The summed E-state index contributed by atoms with van der Waals surface area (Å²) in [6.07, 6.45) is 1.43. The fourth-order valence-corrected chi connectivity index (χ4v) is 2.84. The highest BCUT2D eigenvalue weighted by Gasteiger charge is 2.21. The third-order valence-corrected chi connectivity index (χ3v) is 4.17. The van der Waals surface area contributed by atoms with Gasteiger partial charge >= 0.3 is 0 Å². The van der Waals surface area contributed by atoms with Gasteiger partial charge in [0.2, 0.25) is 17.7 Å². The number of carbonyl (C=O) groups excluding carboxylic acids is 2.